The average molecular weight is 552 g/mol. The molecule has 4 heterocycles. The average Bonchev–Trinajstić information content (AvgIpc) is 3.43. The van der Waals surface area contributed by atoms with Crippen LogP contribution in [0.25, 0.3) is 10.8 Å². The quantitative estimate of drug-likeness (QED) is 0.410. The van der Waals surface area contributed by atoms with Crippen molar-refractivity contribution in [2.45, 2.75) is 44.3 Å². The molecular formula is C32H37N7O2. The molecule has 0 N–H and O–H groups in total. The van der Waals surface area contributed by atoms with E-state index in [2.05, 4.69) is 76.9 Å². The fraction of sp³-hybridized carbons (Fsp3) is 0.438. The second kappa shape index (κ2) is 11.8. The third-order valence-corrected chi connectivity index (χ3v) is 8.77. The number of amides is 1. The van der Waals surface area contributed by atoms with Crippen LogP contribution in [0.1, 0.15) is 30.5 Å². The summed E-state index contributed by atoms with van der Waals surface area (Å²) >= 11 is 0. The van der Waals surface area contributed by atoms with E-state index < -0.39 is 0 Å². The molecule has 3 aliphatic heterocycles. The lowest BCUT2D eigenvalue weighted by molar-refractivity contribution is -0.128. The van der Waals surface area contributed by atoms with E-state index in [0.717, 1.165) is 43.0 Å². The second-order valence-electron chi connectivity index (χ2n) is 11.2. The summed E-state index contributed by atoms with van der Waals surface area (Å²) in [6.45, 7) is 8.48. The molecule has 2 fully saturated rings. The molecule has 0 saturated carbocycles. The molecule has 1 aromatic heterocycles. The summed E-state index contributed by atoms with van der Waals surface area (Å²) in [5.41, 5.74) is 3.31. The minimum Gasteiger partial charge on any atom is -0.462 e. The third kappa shape index (κ3) is 5.44. The van der Waals surface area contributed by atoms with Gasteiger partial charge in [-0.15, -0.1) is 0 Å². The molecule has 9 heteroatoms. The van der Waals surface area contributed by atoms with Crippen LogP contribution in [0.4, 0.5) is 11.5 Å². The van der Waals surface area contributed by atoms with Crippen LogP contribution in [0.3, 0.4) is 0 Å². The lowest BCUT2D eigenvalue weighted by Gasteiger charge is -2.42. The number of hydrogen-bond acceptors (Lipinski definition) is 8. The number of aromatic nitrogens is 2. The summed E-state index contributed by atoms with van der Waals surface area (Å²) in [6, 6.07) is 17.7. The zero-order valence-electron chi connectivity index (χ0n) is 23.7. The van der Waals surface area contributed by atoms with Gasteiger partial charge in [-0.05, 0) is 50.4 Å². The van der Waals surface area contributed by atoms with Crippen molar-refractivity contribution in [2.75, 3.05) is 56.2 Å². The maximum absolute atomic E-state index is 12.5. The Labute approximate surface area is 241 Å². The monoisotopic (exact) mass is 551 g/mol. The Hall–Kier alpha value is -4.16. The third-order valence-electron chi connectivity index (χ3n) is 8.77. The predicted molar refractivity (Wildman–Crippen MR) is 160 cm³/mol. The van der Waals surface area contributed by atoms with Crippen LogP contribution in [-0.2, 0) is 17.8 Å². The topological polar surface area (TPSA) is 88.8 Å². The van der Waals surface area contributed by atoms with Crippen LogP contribution in [0.5, 0.6) is 6.01 Å². The Bertz CT molecular complexity index is 1480. The van der Waals surface area contributed by atoms with Crippen molar-refractivity contribution < 1.29 is 9.53 Å². The van der Waals surface area contributed by atoms with Crippen molar-refractivity contribution >= 4 is 28.2 Å². The maximum Gasteiger partial charge on any atom is 0.318 e. The molecule has 6 rings (SSSR count). The summed E-state index contributed by atoms with van der Waals surface area (Å²) in [5, 5.41) is 12.0. The van der Waals surface area contributed by atoms with Gasteiger partial charge in [-0.3, -0.25) is 4.79 Å². The Morgan fingerprint density at radius 3 is 2.76 bits per heavy atom. The maximum atomic E-state index is 12.5. The first kappa shape index (κ1) is 27.0. The molecule has 0 bridgehead atoms. The van der Waals surface area contributed by atoms with E-state index in [4.69, 9.17) is 14.7 Å². The number of carbonyl (C=O) groups excluding carboxylic acids is 1. The number of benzene rings is 2. The minimum atomic E-state index is -0.225. The molecule has 2 aromatic carbocycles. The molecule has 2 unspecified atom stereocenters. The molecule has 3 aliphatic rings. The van der Waals surface area contributed by atoms with E-state index in [1.807, 2.05) is 0 Å². The first-order valence-corrected chi connectivity index (χ1v) is 14.6. The number of piperazine rings is 1. The zero-order chi connectivity index (χ0) is 28.3. The fourth-order valence-electron chi connectivity index (χ4n) is 6.50. The Kier molecular flexibility index (Phi) is 7.75. The van der Waals surface area contributed by atoms with Gasteiger partial charge >= 0.3 is 6.01 Å². The molecule has 212 valence electrons. The molecule has 2 saturated heterocycles. The highest BCUT2D eigenvalue weighted by Crippen LogP contribution is 2.35. The van der Waals surface area contributed by atoms with Gasteiger partial charge < -0.3 is 24.3 Å². The molecule has 0 spiro atoms. The van der Waals surface area contributed by atoms with Crippen LogP contribution in [0, 0.1) is 11.3 Å². The van der Waals surface area contributed by atoms with Crippen molar-refractivity contribution in [1.29, 1.82) is 5.26 Å². The van der Waals surface area contributed by atoms with Crippen molar-refractivity contribution in [2.24, 2.45) is 0 Å². The Balaban J connectivity index is 1.33. The molecule has 1 amide bonds. The van der Waals surface area contributed by atoms with Crippen LogP contribution in [-0.4, -0.2) is 84.1 Å². The first-order chi connectivity index (χ1) is 20.1. The first-order valence-electron chi connectivity index (χ1n) is 14.6. The minimum absolute atomic E-state index is 0.134. The van der Waals surface area contributed by atoms with Gasteiger partial charge in [-0.25, -0.2) is 0 Å². The zero-order valence-corrected chi connectivity index (χ0v) is 23.7. The molecule has 9 nitrogen and oxygen atoms in total. The van der Waals surface area contributed by atoms with Gasteiger partial charge in [0.1, 0.15) is 12.4 Å². The van der Waals surface area contributed by atoms with Gasteiger partial charge in [0.2, 0.25) is 5.91 Å². The summed E-state index contributed by atoms with van der Waals surface area (Å²) < 4.78 is 6.28. The Morgan fingerprint density at radius 1 is 1.10 bits per heavy atom. The van der Waals surface area contributed by atoms with Gasteiger partial charge in [-0.1, -0.05) is 43.0 Å². The van der Waals surface area contributed by atoms with Gasteiger partial charge in [-0.2, -0.15) is 15.2 Å². The number of anilines is 2. The van der Waals surface area contributed by atoms with Gasteiger partial charge in [0.25, 0.3) is 0 Å². The van der Waals surface area contributed by atoms with Crippen LogP contribution < -0.4 is 14.5 Å². The fourth-order valence-corrected chi connectivity index (χ4v) is 6.50. The van der Waals surface area contributed by atoms with Crippen LogP contribution in [0.2, 0.25) is 0 Å². The number of hydrogen-bond donors (Lipinski definition) is 0. The van der Waals surface area contributed by atoms with E-state index in [0.29, 0.717) is 44.8 Å². The van der Waals surface area contributed by atoms with Crippen LogP contribution in [0.15, 0.2) is 55.1 Å². The molecular weight excluding hydrogens is 514 g/mol. The van der Waals surface area contributed by atoms with E-state index in [1.165, 1.54) is 29.0 Å². The largest absolute Gasteiger partial charge is 0.462 e. The smallest absolute Gasteiger partial charge is 0.318 e. The van der Waals surface area contributed by atoms with E-state index in [9.17, 15) is 10.1 Å². The van der Waals surface area contributed by atoms with Gasteiger partial charge in [0.05, 0.1) is 30.8 Å². The summed E-state index contributed by atoms with van der Waals surface area (Å²) in [7, 11) is 2.14. The lowest BCUT2D eigenvalue weighted by Crippen LogP contribution is -2.55. The summed E-state index contributed by atoms with van der Waals surface area (Å²) in [4.78, 5) is 31.2. The number of carbonyl (C=O) groups is 1. The van der Waals surface area contributed by atoms with Crippen molar-refractivity contribution in [3.63, 3.8) is 0 Å². The van der Waals surface area contributed by atoms with Crippen molar-refractivity contribution in [1.82, 2.24) is 19.8 Å². The molecule has 2 atom stereocenters. The normalized spacial score (nSPS) is 21.0. The number of nitrogens with zero attached hydrogens (tertiary/aromatic N) is 7. The molecule has 41 heavy (non-hydrogen) atoms. The van der Waals surface area contributed by atoms with E-state index in [1.54, 1.807) is 4.90 Å². The molecule has 0 radical (unpaired) electrons. The highest BCUT2D eigenvalue weighted by atomic mass is 16.5. The van der Waals surface area contributed by atoms with Crippen molar-refractivity contribution in [3.8, 4) is 12.1 Å². The lowest BCUT2D eigenvalue weighted by atomic mass is 10.0. The van der Waals surface area contributed by atoms with E-state index in [-0.39, 0.29) is 18.4 Å². The van der Waals surface area contributed by atoms with Gasteiger partial charge in [0, 0.05) is 48.9 Å². The standard InChI is InChI=1S/C32H37N7O2/c1-3-30(40)39-19-18-38(20-24(39)13-15-33)31-27-14-17-37(29-12-6-9-23-8-4-5-11-26(23)29)21-28(27)34-32(35-31)41-22-25-10-7-16-36(25)2/h3-6,8-9,11-12,24-25H,1,7,10,13-14,16-22H2,2H3. The predicted octanol–water partition coefficient (Wildman–Crippen LogP) is 3.78. The Morgan fingerprint density at radius 2 is 1.95 bits per heavy atom. The SMILES string of the molecule is C=CC(=O)N1CCN(c2nc(OCC3CCCN3C)nc3c2CCN(c2cccc4ccccc24)C3)CC1CC#N. The van der Waals surface area contributed by atoms with E-state index >= 15 is 0 Å². The second-order valence-corrected chi connectivity index (χ2v) is 11.2. The van der Waals surface area contributed by atoms with Gasteiger partial charge in [0.15, 0.2) is 0 Å². The number of likely N-dealkylation sites (N-methyl/N-ethyl adjacent to an activating group) is 1. The number of likely N-dealkylation sites (tertiary alicyclic amines) is 1. The highest BCUT2D eigenvalue weighted by molar-refractivity contribution is 5.94. The number of ether oxygens (including phenoxy) is 1. The number of fused-ring (bicyclic) bond motifs is 2. The highest BCUT2D eigenvalue weighted by Gasteiger charge is 2.33. The summed E-state index contributed by atoms with van der Waals surface area (Å²) in [5.74, 6) is 0.737. The molecule has 0 aliphatic carbocycles. The number of nitriles is 1. The molecule has 3 aromatic rings. The van der Waals surface area contributed by atoms with Crippen molar-refractivity contribution in [3.05, 3.63) is 66.4 Å². The summed E-state index contributed by atoms with van der Waals surface area (Å²) in [6.07, 6.45) is 4.68. The number of rotatable bonds is 7. The van der Waals surface area contributed by atoms with Crippen LogP contribution >= 0.6 is 0 Å².